The zero-order valence-electron chi connectivity index (χ0n) is 14.7. The van der Waals surface area contributed by atoms with Crippen LogP contribution in [0.15, 0.2) is 28.8 Å². The molecule has 2 heterocycles. The number of benzene rings is 1. The predicted molar refractivity (Wildman–Crippen MR) is 91.9 cm³/mol. The summed E-state index contributed by atoms with van der Waals surface area (Å²) in [4.78, 5) is 9.35. The lowest BCUT2D eigenvalue weighted by molar-refractivity contribution is 0.0845. The van der Waals surface area contributed by atoms with Crippen molar-refractivity contribution in [1.29, 1.82) is 0 Å². The number of aryl methyl sites for hydroxylation is 1. The molecule has 0 radical (unpaired) electrons. The molecule has 6 heteroatoms. The Bertz CT molecular complexity index is 650. The molecule has 1 aliphatic rings. The summed E-state index contributed by atoms with van der Waals surface area (Å²) < 4.78 is 10.7. The SMILES string of the molecule is CCc1noc(C(C)N2CCN(Cc3cccc(OC)c3)CC2)n1. The molecule has 0 saturated carbocycles. The molecule has 1 aromatic carbocycles. The Hall–Kier alpha value is -1.92. The number of piperazine rings is 1. The van der Waals surface area contributed by atoms with Crippen molar-refractivity contribution in [2.45, 2.75) is 32.9 Å². The van der Waals surface area contributed by atoms with Gasteiger partial charge in [0, 0.05) is 39.1 Å². The van der Waals surface area contributed by atoms with E-state index in [9.17, 15) is 0 Å². The summed E-state index contributed by atoms with van der Waals surface area (Å²) in [5, 5.41) is 4.00. The number of hydrogen-bond acceptors (Lipinski definition) is 6. The Morgan fingerprint density at radius 1 is 1.25 bits per heavy atom. The lowest BCUT2D eigenvalue weighted by Gasteiger charge is -2.36. The average molecular weight is 330 g/mol. The first kappa shape index (κ1) is 16.9. The Kier molecular flexibility index (Phi) is 5.48. The van der Waals surface area contributed by atoms with Crippen molar-refractivity contribution >= 4 is 0 Å². The fourth-order valence-corrected chi connectivity index (χ4v) is 3.07. The first-order valence-corrected chi connectivity index (χ1v) is 8.61. The number of methoxy groups -OCH3 is 1. The van der Waals surface area contributed by atoms with Gasteiger partial charge >= 0.3 is 0 Å². The maximum absolute atomic E-state index is 5.39. The van der Waals surface area contributed by atoms with Gasteiger partial charge in [-0.1, -0.05) is 24.2 Å². The highest BCUT2D eigenvalue weighted by Gasteiger charge is 2.25. The molecule has 24 heavy (non-hydrogen) atoms. The van der Waals surface area contributed by atoms with Crippen molar-refractivity contribution in [3.63, 3.8) is 0 Å². The van der Waals surface area contributed by atoms with E-state index in [1.807, 2.05) is 19.1 Å². The Morgan fingerprint density at radius 3 is 2.71 bits per heavy atom. The van der Waals surface area contributed by atoms with Crippen molar-refractivity contribution in [3.05, 3.63) is 41.5 Å². The van der Waals surface area contributed by atoms with Gasteiger partial charge in [-0.2, -0.15) is 4.98 Å². The fraction of sp³-hybridized carbons (Fsp3) is 0.556. The molecule has 3 rings (SSSR count). The fourth-order valence-electron chi connectivity index (χ4n) is 3.07. The lowest BCUT2D eigenvalue weighted by Crippen LogP contribution is -2.46. The van der Waals surface area contributed by atoms with Crippen LogP contribution < -0.4 is 4.74 Å². The van der Waals surface area contributed by atoms with Crippen molar-refractivity contribution in [1.82, 2.24) is 19.9 Å². The van der Waals surface area contributed by atoms with Gasteiger partial charge in [0.1, 0.15) is 5.75 Å². The molecule has 1 saturated heterocycles. The predicted octanol–water partition coefficient (Wildman–Crippen LogP) is 2.52. The lowest BCUT2D eigenvalue weighted by atomic mass is 10.1. The summed E-state index contributed by atoms with van der Waals surface area (Å²) in [6.07, 6.45) is 0.810. The molecular formula is C18H26N4O2. The van der Waals surface area contributed by atoms with Crippen LogP contribution in [0.5, 0.6) is 5.75 Å². The van der Waals surface area contributed by atoms with Crippen LogP contribution in [0.1, 0.15) is 37.2 Å². The van der Waals surface area contributed by atoms with Gasteiger partial charge in [0.25, 0.3) is 0 Å². The largest absolute Gasteiger partial charge is 0.497 e. The van der Waals surface area contributed by atoms with Crippen LogP contribution in [0.2, 0.25) is 0 Å². The van der Waals surface area contributed by atoms with Gasteiger partial charge in [0.2, 0.25) is 5.89 Å². The zero-order valence-corrected chi connectivity index (χ0v) is 14.7. The smallest absolute Gasteiger partial charge is 0.243 e. The molecular weight excluding hydrogens is 304 g/mol. The van der Waals surface area contributed by atoms with Crippen LogP contribution in [-0.4, -0.2) is 53.2 Å². The minimum absolute atomic E-state index is 0.178. The van der Waals surface area contributed by atoms with E-state index in [1.165, 1.54) is 5.56 Å². The third-order valence-electron chi connectivity index (χ3n) is 4.65. The third kappa shape index (κ3) is 3.94. The molecule has 0 amide bonds. The van der Waals surface area contributed by atoms with Crippen LogP contribution >= 0.6 is 0 Å². The minimum Gasteiger partial charge on any atom is -0.497 e. The molecule has 2 aromatic rings. The molecule has 1 atom stereocenters. The first-order valence-electron chi connectivity index (χ1n) is 8.61. The van der Waals surface area contributed by atoms with E-state index in [0.29, 0.717) is 0 Å². The van der Waals surface area contributed by atoms with Gasteiger partial charge in [-0.3, -0.25) is 9.80 Å². The van der Waals surface area contributed by atoms with E-state index in [4.69, 9.17) is 9.26 Å². The average Bonchev–Trinajstić information content (AvgIpc) is 3.11. The van der Waals surface area contributed by atoms with Gasteiger partial charge < -0.3 is 9.26 Å². The van der Waals surface area contributed by atoms with Crippen LogP contribution in [-0.2, 0) is 13.0 Å². The number of ether oxygens (including phenoxy) is 1. The van der Waals surface area contributed by atoms with E-state index in [2.05, 4.69) is 39.0 Å². The zero-order chi connectivity index (χ0) is 16.9. The second-order valence-electron chi connectivity index (χ2n) is 6.24. The molecule has 6 nitrogen and oxygen atoms in total. The summed E-state index contributed by atoms with van der Waals surface area (Å²) in [6, 6.07) is 8.48. The highest BCUT2D eigenvalue weighted by Crippen LogP contribution is 2.21. The molecule has 0 aliphatic carbocycles. The van der Waals surface area contributed by atoms with Crippen LogP contribution in [0, 0.1) is 0 Å². The minimum atomic E-state index is 0.178. The number of rotatable bonds is 6. The normalized spacial score (nSPS) is 17.8. The highest BCUT2D eigenvalue weighted by atomic mass is 16.5. The van der Waals surface area contributed by atoms with Crippen molar-refractivity contribution in [2.24, 2.45) is 0 Å². The van der Waals surface area contributed by atoms with Crippen molar-refractivity contribution < 1.29 is 9.26 Å². The maximum Gasteiger partial charge on any atom is 0.243 e. The Labute approximate surface area is 143 Å². The first-order chi connectivity index (χ1) is 11.7. The maximum atomic E-state index is 5.39. The summed E-state index contributed by atoms with van der Waals surface area (Å²) >= 11 is 0. The molecule has 1 aromatic heterocycles. The molecule has 1 unspecified atom stereocenters. The van der Waals surface area contributed by atoms with E-state index in [-0.39, 0.29) is 6.04 Å². The van der Waals surface area contributed by atoms with Gasteiger partial charge in [0.15, 0.2) is 5.82 Å². The van der Waals surface area contributed by atoms with Crippen molar-refractivity contribution in [3.8, 4) is 5.75 Å². The topological polar surface area (TPSA) is 54.6 Å². The standard InChI is InChI=1S/C18H26N4O2/c1-4-17-19-18(24-20-17)14(2)22-10-8-21(9-11-22)13-15-6-5-7-16(12-15)23-3/h5-7,12,14H,4,8-11,13H2,1-3H3. The Balaban J connectivity index is 1.53. The molecule has 0 N–H and O–H groups in total. The van der Waals surface area contributed by atoms with Crippen LogP contribution in [0.25, 0.3) is 0 Å². The third-order valence-corrected chi connectivity index (χ3v) is 4.65. The molecule has 1 aliphatic heterocycles. The van der Waals surface area contributed by atoms with E-state index in [0.717, 1.165) is 56.6 Å². The van der Waals surface area contributed by atoms with Crippen LogP contribution in [0.4, 0.5) is 0 Å². The summed E-state index contributed by atoms with van der Waals surface area (Å²) in [5.41, 5.74) is 1.29. The second-order valence-corrected chi connectivity index (χ2v) is 6.24. The second kappa shape index (κ2) is 7.77. The van der Waals surface area contributed by atoms with Gasteiger partial charge in [0.05, 0.1) is 13.2 Å². The number of aromatic nitrogens is 2. The number of nitrogens with zero attached hydrogens (tertiary/aromatic N) is 4. The van der Waals surface area contributed by atoms with Gasteiger partial charge in [-0.25, -0.2) is 0 Å². The van der Waals surface area contributed by atoms with Gasteiger partial charge in [-0.05, 0) is 24.6 Å². The molecule has 0 spiro atoms. The van der Waals surface area contributed by atoms with Crippen molar-refractivity contribution in [2.75, 3.05) is 33.3 Å². The summed E-state index contributed by atoms with van der Waals surface area (Å²) in [7, 11) is 1.71. The quantitative estimate of drug-likeness (QED) is 0.811. The van der Waals surface area contributed by atoms with Gasteiger partial charge in [-0.15, -0.1) is 0 Å². The van der Waals surface area contributed by atoms with E-state index in [1.54, 1.807) is 7.11 Å². The molecule has 0 bridgehead atoms. The summed E-state index contributed by atoms with van der Waals surface area (Å²) in [5.74, 6) is 2.43. The Morgan fingerprint density at radius 2 is 2.04 bits per heavy atom. The van der Waals surface area contributed by atoms with E-state index < -0.39 is 0 Å². The number of hydrogen-bond donors (Lipinski definition) is 0. The molecule has 1 fully saturated rings. The highest BCUT2D eigenvalue weighted by molar-refractivity contribution is 5.28. The van der Waals surface area contributed by atoms with Crippen LogP contribution in [0.3, 0.4) is 0 Å². The molecule has 130 valence electrons. The monoisotopic (exact) mass is 330 g/mol. The van der Waals surface area contributed by atoms with E-state index >= 15 is 0 Å². The summed E-state index contributed by atoms with van der Waals surface area (Å²) in [6.45, 7) is 9.23.